The number of fused-ring (bicyclic) bond motifs is 1. The Bertz CT molecular complexity index is 1660. The first kappa shape index (κ1) is 31.4. The number of amides is 1. The van der Waals surface area contributed by atoms with Crippen LogP contribution in [0.15, 0.2) is 60.8 Å². The summed E-state index contributed by atoms with van der Waals surface area (Å²) in [5.74, 6) is -4.99. The summed E-state index contributed by atoms with van der Waals surface area (Å²) in [5, 5.41) is 5.71. The van der Waals surface area contributed by atoms with Gasteiger partial charge in [-0.3, -0.25) is 4.79 Å². The van der Waals surface area contributed by atoms with E-state index in [0.29, 0.717) is 16.4 Å². The molecule has 4 aromatic rings. The van der Waals surface area contributed by atoms with Gasteiger partial charge in [0.15, 0.2) is 10.8 Å². The van der Waals surface area contributed by atoms with Crippen molar-refractivity contribution in [3.63, 3.8) is 0 Å². The molecule has 0 bridgehead atoms. The first-order valence-electron chi connectivity index (χ1n) is 12.4. The Labute approximate surface area is 244 Å². The Hall–Kier alpha value is -4.53. The van der Waals surface area contributed by atoms with Crippen molar-refractivity contribution in [2.75, 3.05) is 5.32 Å². The fourth-order valence-corrected chi connectivity index (χ4v) is 4.65. The van der Waals surface area contributed by atoms with Crippen molar-refractivity contribution in [3.8, 4) is 11.1 Å². The van der Waals surface area contributed by atoms with Crippen LogP contribution in [0.2, 0.25) is 0 Å². The van der Waals surface area contributed by atoms with E-state index in [1.807, 2.05) is 0 Å². The van der Waals surface area contributed by atoms with E-state index in [9.17, 15) is 40.7 Å². The third-order valence-corrected chi connectivity index (χ3v) is 6.90. The second-order valence-electron chi connectivity index (χ2n) is 10.3. The van der Waals surface area contributed by atoms with E-state index in [1.165, 1.54) is 32.9 Å². The molecule has 2 N–H and O–H groups in total. The number of esters is 2. The Morgan fingerprint density at radius 3 is 2.00 bits per heavy atom. The lowest BCUT2D eigenvalue weighted by molar-refractivity contribution is -0.203. The molecule has 0 aliphatic rings. The van der Waals surface area contributed by atoms with E-state index in [-0.39, 0.29) is 15.9 Å². The number of hydrogen-bond acceptors (Lipinski definition) is 8. The number of aromatic nitrogens is 2. The van der Waals surface area contributed by atoms with Crippen LogP contribution in [0, 0.1) is 5.41 Å². The molecule has 2 aromatic heterocycles. The molecule has 0 aliphatic heterocycles. The molecule has 226 valence electrons. The molecule has 0 radical (unpaired) electrons. The van der Waals surface area contributed by atoms with Gasteiger partial charge in [-0.2, -0.15) is 31.3 Å². The van der Waals surface area contributed by atoms with E-state index >= 15 is 0 Å². The molecular formula is C28H22F6N4O4S. The van der Waals surface area contributed by atoms with Crippen LogP contribution >= 0.6 is 11.3 Å². The molecule has 15 heteroatoms. The first-order chi connectivity index (χ1) is 19.9. The lowest BCUT2D eigenvalue weighted by Gasteiger charge is -2.29. The normalized spacial score (nSPS) is 13.0. The van der Waals surface area contributed by atoms with Gasteiger partial charge in [0, 0.05) is 17.4 Å². The summed E-state index contributed by atoms with van der Waals surface area (Å²) < 4.78 is 80.6. The number of benzene rings is 2. The highest BCUT2D eigenvalue weighted by Crippen LogP contribution is 2.34. The van der Waals surface area contributed by atoms with Crippen molar-refractivity contribution in [2.24, 2.45) is 5.41 Å². The zero-order chi connectivity index (χ0) is 31.7. The number of ether oxygens (including phenoxy) is 1. The highest BCUT2D eigenvalue weighted by molar-refractivity contribution is 7.22. The van der Waals surface area contributed by atoms with E-state index < -0.39 is 47.2 Å². The van der Waals surface area contributed by atoms with Crippen molar-refractivity contribution in [3.05, 3.63) is 71.9 Å². The second-order valence-corrected chi connectivity index (χ2v) is 11.4. The topological polar surface area (TPSA) is 110 Å². The van der Waals surface area contributed by atoms with E-state index in [2.05, 4.69) is 25.3 Å². The van der Waals surface area contributed by atoms with E-state index in [1.54, 1.807) is 36.4 Å². The summed E-state index contributed by atoms with van der Waals surface area (Å²) in [7, 11) is 0. The molecule has 0 spiro atoms. The maximum Gasteiger partial charge on any atom is 0.491 e. The number of anilines is 2. The number of nitrogens with zero attached hydrogens (tertiary/aromatic N) is 2. The minimum Gasteiger partial charge on any atom is -0.385 e. The average Bonchev–Trinajstić information content (AvgIpc) is 3.32. The number of rotatable bonds is 6. The highest BCUT2D eigenvalue weighted by atomic mass is 32.1. The van der Waals surface area contributed by atoms with Gasteiger partial charge < -0.3 is 15.4 Å². The van der Waals surface area contributed by atoms with Crippen LogP contribution in [-0.4, -0.2) is 40.0 Å². The molecule has 2 heterocycles. The fraction of sp³-hybridized carbons (Fsp3) is 0.250. The maximum absolute atomic E-state index is 13.0. The third-order valence-electron chi connectivity index (χ3n) is 5.99. The summed E-state index contributed by atoms with van der Waals surface area (Å²) in [4.78, 5) is 44.1. The second kappa shape index (κ2) is 11.6. The van der Waals surface area contributed by atoms with Gasteiger partial charge in [0.2, 0.25) is 0 Å². The number of halogens is 6. The molecule has 0 fully saturated rings. The predicted octanol–water partition coefficient (Wildman–Crippen LogP) is 6.90. The number of carbonyl (C=O) groups is 3. The number of nitrogens with one attached hydrogen (secondary N) is 2. The van der Waals surface area contributed by atoms with Crippen molar-refractivity contribution in [1.29, 1.82) is 0 Å². The largest absolute Gasteiger partial charge is 0.491 e. The monoisotopic (exact) mass is 624 g/mol. The molecular weight excluding hydrogens is 602 g/mol. The Morgan fingerprint density at radius 2 is 1.47 bits per heavy atom. The zero-order valence-electron chi connectivity index (χ0n) is 22.6. The van der Waals surface area contributed by atoms with Gasteiger partial charge in [0.05, 0.1) is 10.3 Å². The van der Waals surface area contributed by atoms with Crippen molar-refractivity contribution in [2.45, 2.75) is 39.2 Å². The van der Waals surface area contributed by atoms with Gasteiger partial charge in [-0.1, -0.05) is 56.4 Å². The molecule has 43 heavy (non-hydrogen) atoms. The molecule has 8 nitrogen and oxygen atoms in total. The molecule has 0 unspecified atom stereocenters. The predicted molar refractivity (Wildman–Crippen MR) is 145 cm³/mol. The first-order valence-corrected chi connectivity index (χ1v) is 13.2. The number of hydrogen-bond donors (Lipinski definition) is 2. The Morgan fingerprint density at radius 1 is 0.884 bits per heavy atom. The van der Waals surface area contributed by atoms with Crippen LogP contribution in [0.5, 0.6) is 0 Å². The third kappa shape index (κ3) is 7.66. The van der Waals surface area contributed by atoms with Gasteiger partial charge >= 0.3 is 24.3 Å². The summed E-state index contributed by atoms with van der Waals surface area (Å²) in [6.07, 6.45) is -9.16. The van der Waals surface area contributed by atoms with Crippen LogP contribution in [0.25, 0.3) is 21.5 Å². The average molecular weight is 625 g/mol. The van der Waals surface area contributed by atoms with Crippen molar-refractivity contribution < 1.29 is 45.5 Å². The molecule has 1 amide bonds. The molecule has 0 saturated carbocycles. The molecule has 1 atom stereocenters. The van der Waals surface area contributed by atoms with E-state index in [4.69, 9.17) is 0 Å². The maximum atomic E-state index is 13.0. The number of alkyl halides is 6. The number of carbonyl (C=O) groups excluding carboxylic acids is 3. The van der Waals surface area contributed by atoms with Crippen LogP contribution in [-0.2, 0) is 20.5 Å². The fourth-order valence-electron chi connectivity index (χ4n) is 3.76. The van der Waals surface area contributed by atoms with Crippen LogP contribution < -0.4 is 10.6 Å². The molecule has 4 rings (SSSR count). The van der Waals surface area contributed by atoms with Crippen LogP contribution in [0.3, 0.4) is 0 Å². The Balaban J connectivity index is 1.42. The van der Waals surface area contributed by atoms with Gasteiger partial charge in [0.1, 0.15) is 6.04 Å². The van der Waals surface area contributed by atoms with Gasteiger partial charge in [-0.25, -0.2) is 14.6 Å². The van der Waals surface area contributed by atoms with Gasteiger partial charge in [-0.05, 0) is 46.9 Å². The minimum absolute atomic E-state index is 0.101. The summed E-state index contributed by atoms with van der Waals surface area (Å²) >= 11 is 1.02. The zero-order valence-corrected chi connectivity index (χ0v) is 23.4. The lowest BCUT2D eigenvalue weighted by Crippen LogP contribution is -2.51. The SMILES string of the molecule is CC(C)(C)[C@H](NC(=O)c1ccc(-c2ccc(Nc3nc4ncc(C(F)(F)F)cc4s3)cc2)cc1)C(=O)OC(=O)C(F)(F)F. The van der Waals surface area contributed by atoms with Crippen molar-refractivity contribution >= 4 is 50.3 Å². The molecule has 2 aromatic carbocycles. The van der Waals surface area contributed by atoms with Gasteiger partial charge in [-0.15, -0.1) is 0 Å². The van der Waals surface area contributed by atoms with Crippen LogP contribution in [0.4, 0.5) is 37.2 Å². The van der Waals surface area contributed by atoms with E-state index in [0.717, 1.165) is 29.2 Å². The summed E-state index contributed by atoms with van der Waals surface area (Å²) in [6, 6.07) is 12.5. The summed E-state index contributed by atoms with van der Waals surface area (Å²) in [5.41, 5.74) is 0.402. The molecule has 0 saturated heterocycles. The lowest BCUT2D eigenvalue weighted by atomic mass is 9.86. The smallest absolute Gasteiger partial charge is 0.385 e. The minimum atomic E-state index is -5.37. The van der Waals surface area contributed by atoms with Crippen LogP contribution in [0.1, 0.15) is 36.7 Å². The highest BCUT2D eigenvalue weighted by Gasteiger charge is 2.45. The standard InChI is InChI=1S/C28H22F6N4O4S/c1-26(2,3)20(23(40)42-24(41)28(32,33)34)37-22(39)16-6-4-14(5-7-16)15-8-10-18(11-9-15)36-25-38-21-19(43-25)12-17(13-35-21)27(29,30)31/h4-13,20H,1-3H3,(H,37,39)(H,35,36,38)/t20-/m1/s1. The number of thiazole rings is 1. The summed E-state index contributed by atoms with van der Waals surface area (Å²) in [6.45, 7) is 4.45. The number of pyridine rings is 1. The van der Waals surface area contributed by atoms with Gasteiger partial charge in [0.25, 0.3) is 5.91 Å². The quantitative estimate of drug-likeness (QED) is 0.137. The van der Waals surface area contributed by atoms with Crippen molar-refractivity contribution in [1.82, 2.24) is 15.3 Å². The molecule has 0 aliphatic carbocycles. The Kier molecular flexibility index (Phi) is 8.49.